The van der Waals surface area contributed by atoms with Crippen LogP contribution < -0.4 is 9.80 Å². The van der Waals surface area contributed by atoms with Crippen LogP contribution in [0.3, 0.4) is 0 Å². The molecular weight excluding hydrogens is 286 g/mol. The summed E-state index contributed by atoms with van der Waals surface area (Å²) in [5, 5.41) is 3.11. The number of hydrogen-bond donors (Lipinski definition) is 0. The van der Waals surface area contributed by atoms with Crippen molar-refractivity contribution in [3.05, 3.63) is 24.1 Å². The molecule has 0 N–H and O–H groups in total. The van der Waals surface area contributed by atoms with Crippen molar-refractivity contribution in [3.63, 3.8) is 0 Å². The van der Waals surface area contributed by atoms with E-state index in [-0.39, 0.29) is 0 Å². The third-order valence-electron chi connectivity index (χ3n) is 3.72. The number of rotatable bonds is 2. The second-order valence-electron chi connectivity index (χ2n) is 5.02. The highest BCUT2D eigenvalue weighted by molar-refractivity contribution is 7.13. The minimum atomic E-state index is 0.754. The van der Waals surface area contributed by atoms with Crippen LogP contribution in [0, 0.1) is 0 Å². The van der Waals surface area contributed by atoms with E-state index in [1.54, 1.807) is 17.7 Å². The van der Waals surface area contributed by atoms with Gasteiger partial charge in [0.2, 0.25) is 5.95 Å². The molecule has 1 saturated heterocycles. The summed E-state index contributed by atoms with van der Waals surface area (Å²) in [5.41, 5.74) is 1.71. The molecule has 3 aromatic heterocycles. The first-order chi connectivity index (χ1) is 10.3. The topological polar surface area (TPSA) is 63.0 Å². The Morgan fingerprint density at radius 2 is 1.86 bits per heavy atom. The number of thiazole rings is 1. The van der Waals surface area contributed by atoms with Gasteiger partial charge in [-0.05, 0) is 0 Å². The molecule has 0 aliphatic carbocycles. The minimum Gasteiger partial charge on any atom is -0.345 e. The number of aromatic nitrogens is 5. The molecule has 8 heteroatoms. The van der Waals surface area contributed by atoms with E-state index in [9.17, 15) is 0 Å². The highest BCUT2D eigenvalue weighted by Crippen LogP contribution is 2.21. The lowest BCUT2D eigenvalue weighted by molar-refractivity contribution is 0.639. The van der Waals surface area contributed by atoms with Crippen molar-refractivity contribution < 1.29 is 0 Å². The molecule has 108 valence electrons. The standard InChI is InChI=1S/C13H15N7S/c1-18-9-16-11-10(18)8-15-12(17-11)19-3-5-20(6-4-19)13-14-2-7-21-13/h2,7-9H,3-6H2,1H3. The number of fused-ring (bicyclic) bond motifs is 1. The average Bonchev–Trinajstić information content (AvgIpc) is 3.18. The molecule has 0 saturated carbocycles. The molecule has 0 spiro atoms. The van der Waals surface area contributed by atoms with Crippen LogP contribution in [0.2, 0.25) is 0 Å². The van der Waals surface area contributed by atoms with Crippen molar-refractivity contribution in [2.24, 2.45) is 7.05 Å². The van der Waals surface area contributed by atoms with Gasteiger partial charge in [0.1, 0.15) is 5.52 Å². The van der Waals surface area contributed by atoms with E-state index >= 15 is 0 Å². The number of imidazole rings is 1. The number of hydrogen-bond acceptors (Lipinski definition) is 7. The van der Waals surface area contributed by atoms with Gasteiger partial charge in [0.15, 0.2) is 10.8 Å². The number of nitrogens with zero attached hydrogens (tertiary/aromatic N) is 7. The number of aryl methyl sites for hydroxylation is 1. The van der Waals surface area contributed by atoms with Crippen molar-refractivity contribution in [1.82, 2.24) is 24.5 Å². The first kappa shape index (κ1) is 12.5. The van der Waals surface area contributed by atoms with Gasteiger partial charge < -0.3 is 14.4 Å². The predicted octanol–water partition coefficient (Wildman–Crippen LogP) is 1.15. The number of anilines is 2. The normalized spacial score (nSPS) is 15.9. The third-order valence-corrected chi connectivity index (χ3v) is 4.56. The van der Waals surface area contributed by atoms with Crippen LogP contribution in [-0.2, 0) is 7.05 Å². The molecule has 4 heterocycles. The molecule has 0 atom stereocenters. The zero-order chi connectivity index (χ0) is 14.2. The first-order valence-corrected chi connectivity index (χ1v) is 7.73. The van der Waals surface area contributed by atoms with E-state index < -0.39 is 0 Å². The monoisotopic (exact) mass is 301 g/mol. The SMILES string of the molecule is Cn1cnc2nc(N3CCN(c4nccs4)CC3)ncc21. The van der Waals surface area contributed by atoms with Gasteiger partial charge in [-0.2, -0.15) is 4.98 Å². The van der Waals surface area contributed by atoms with E-state index in [1.807, 2.05) is 29.4 Å². The van der Waals surface area contributed by atoms with Crippen LogP contribution in [0.1, 0.15) is 0 Å². The van der Waals surface area contributed by atoms with Crippen molar-refractivity contribution in [1.29, 1.82) is 0 Å². The van der Waals surface area contributed by atoms with Crippen LogP contribution in [0.25, 0.3) is 11.2 Å². The summed E-state index contributed by atoms with van der Waals surface area (Å²) >= 11 is 1.68. The zero-order valence-corrected chi connectivity index (χ0v) is 12.5. The Balaban J connectivity index is 1.52. The number of piperazine rings is 1. The van der Waals surface area contributed by atoms with Gasteiger partial charge in [0.05, 0.1) is 12.5 Å². The highest BCUT2D eigenvalue weighted by atomic mass is 32.1. The lowest BCUT2D eigenvalue weighted by Crippen LogP contribution is -2.47. The van der Waals surface area contributed by atoms with Gasteiger partial charge >= 0.3 is 0 Å². The zero-order valence-electron chi connectivity index (χ0n) is 11.7. The van der Waals surface area contributed by atoms with E-state index in [0.29, 0.717) is 0 Å². The quantitative estimate of drug-likeness (QED) is 0.707. The van der Waals surface area contributed by atoms with E-state index in [2.05, 4.69) is 29.7 Å². The third kappa shape index (κ3) is 2.21. The van der Waals surface area contributed by atoms with Gasteiger partial charge in [-0.3, -0.25) is 0 Å². The van der Waals surface area contributed by atoms with E-state index in [1.165, 1.54) is 0 Å². The Morgan fingerprint density at radius 3 is 2.62 bits per heavy atom. The van der Waals surface area contributed by atoms with Crippen molar-refractivity contribution in [2.45, 2.75) is 0 Å². The molecule has 21 heavy (non-hydrogen) atoms. The molecule has 7 nitrogen and oxygen atoms in total. The molecule has 0 bridgehead atoms. The molecule has 3 aromatic rings. The molecule has 1 fully saturated rings. The predicted molar refractivity (Wildman–Crippen MR) is 82.8 cm³/mol. The molecule has 0 radical (unpaired) electrons. The van der Waals surface area contributed by atoms with Gasteiger partial charge in [-0.25, -0.2) is 15.0 Å². The lowest BCUT2D eigenvalue weighted by atomic mass is 10.3. The van der Waals surface area contributed by atoms with Crippen LogP contribution in [0.15, 0.2) is 24.1 Å². The van der Waals surface area contributed by atoms with E-state index in [0.717, 1.165) is 48.4 Å². The second kappa shape index (κ2) is 4.96. The lowest BCUT2D eigenvalue weighted by Gasteiger charge is -2.34. The van der Waals surface area contributed by atoms with Crippen LogP contribution in [0.4, 0.5) is 11.1 Å². The van der Waals surface area contributed by atoms with Gasteiger partial charge in [0, 0.05) is 44.8 Å². The molecule has 4 rings (SSSR count). The molecule has 1 aliphatic rings. The largest absolute Gasteiger partial charge is 0.345 e. The highest BCUT2D eigenvalue weighted by Gasteiger charge is 2.21. The van der Waals surface area contributed by atoms with Crippen molar-refractivity contribution >= 4 is 33.6 Å². The summed E-state index contributed by atoms with van der Waals surface area (Å²) in [7, 11) is 1.95. The Bertz CT molecular complexity index is 743. The van der Waals surface area contributed by atoms with Crippen molar-refractivity contribution in [3.8, 4) is 0 Å². The van der Waals surface area contributed by atoms with Gasteiger partial charge in [-0.1, -0.05) is 0 Å². The van der Waals surface area contributed by atoms with Crippen LogP contribution >= 0.6 is 11.3 Å². The summed E-state index contributed by atoms with van der Waals surface area (Å²) < 4.78 is 1.93. The molecule has 0 aromatic carbocycles. The van der Waals surface area contributed by atoms with Crippen LogP contribution in [0.5, 0.6) is 0 Å². The minimum absolute atomic E-state index is 0.754. The average molecular weight is 301 g/mol. The summed E-state index contributed by atoms with van der Waals surface area (Å²) in [6.45, 7) is 3.68. The Morgan fingerprint density at radius 1 is 1.05 bits per heavy atom. The maximum atomic E-state index is 4.56. The molecule has 0 amide bonds. The smallest absolute Gasteiger partial charge is 0.227 e. The van der Waals surface area contributed by atoms with E-state index in [4.69, 9.17) is 0 Å². The Hall–Kier alpha value is -2.22. The second-order valence-corrected chi connectivity index (χ2v) is 5.90. The summed E-state index contributed by atoms with van der Waals surface area (Å²) in [6.07, 6.45) is 5.46. The van der Waals surface area contributed by atoms with Gasteiger partial charge in [0.25, 0.3) is 0 Å². The maximum Gasteiger partial charge on any atom is 0.227 e. The van der Waals surface area contributed by atoms with Crippen molar-refractivity contribution in [2.75, 3.05) is 36.0 Å². The van der Waals surface area contributed by atoms with Gasteiger partial charge in [-0.15, -0.1) is 11.3 Å². The first-order valence-electron chi connectivity index (χ1n) is 6.85. The fourth-order valence-corrected chi connectivity index (χ4v) is 3.22. The molecule has 0 unspecified atom stereocenters. The molecule has 1 aliphatic heterocycles. The summed E-state index contributed by atoms with van der Waals surface area (Å²) in [6, 6.07) is 0. The Kier molecular flexibility index (Phi) is 2.95. The molecular formula is C13H15N7S. The fraction of sp³-hybridized carbons (Fsp3) is 0.385. The fourth-order valence-electron chi connectivity index (χ4n) is 2.53. The summed E-state index contributed by atoms with van der Waals surface area (Å²) in [4.78, 5) is 22.2. The maximum absolute atomic E-state index is 4.56. The van der Waals surface area contributed by atoms with Crippen LogP contribution in [-0.4, -0.2) is 50.7 Å². The Labute approximate surface area is 125 Å². The summed E-state index contributed by atoms with van der Waals surface area (Å²) in [5.74, 6) is 0.764.